The molecular formula is C17H18F2N4O2. The minimum absolute atomic E-state index is 0.00794. The fourth-order valence-corrected chi connectivity index (χ4v) is 2.96. The van der Waals surface area contributed by atoms with E-state index in [1.807, 2.05) is 4.90 Å². The number of benzene rings is 1. The second-order valence-electron chi connectivity index (χ2n) is 6.04. The van der Waals surface area contributed by atoms with Crippen molar-refractivity contribution >= 4 is 11.6 Å². The van der Waals surface area contributed by atoms with Crippen LogP contribution in [0.2, 0.25) is 0 Å². The van der Waals surface area contributed by atoms with Gasteiger partial charge in [0.05, 0.1) is 17.8 Å². The molecular weight excluding hydrogens is 330 g/mol. The van der Waals surface area contributed by atoms with Crippen molar-refractivity contribution in [2.24, 2.45) is 5.92 Å². The molecule has 3 rings (SSSR count). The van der Waals surface area contributed by atoms with Gasteiger partial charge in [0.15, 0.2) is 0 Å². The molecule has 1 aliphatic rings. The SMILES string of the molecule is O=C(NCc1ccc(F)cc1F)C1CCCN(c2cn[nH]c(=O)c2)C1. The van der Waals surface area contributed by atoms with Crippen LogP contribution in [0.25, 0.3) is 0 Å². The number of aromatic nitrogens is 2. The first-order valence-corrected chi connectivity index (χ1v) is 8.04. The molecule has 1 aromatic carbocycles. The number of nitrogens with one attached hydrogen (secondary N) is 2. The third-order valence-corrected chi connectivity index (χ3v) is 4.28. The van der Waals surface area contributed by atoms with E-state index in [9.17, 15) is 18.4 Å². The first kappa shape index (κ1) is 17.1. The summed E-state index contributed by atoms with van der Waals surface area (Å²) in [6.07, 6.45) is 3.07. The van der Waals surface area contributed by atoms with Crippen LogP contribution >= 0.6 is 0 Å². The molecule has 0 aliphatic carbocycles. The zero-order valence-electron chi connectivity index (χ0n) is 13.5. The molecule has 1 atom stereocenters. The molecule has 1 amide bonds. The second-order valence-corrected chi connectivity index (χ2v) is 6.04. The number of aromatic amines is 1. The Balaban J connectivity index is 1.61. The highest BCUT2D eigenvalue weighted by atomic mass is 19.1. The number of H-pyrrole nitrogens is 1. The van der Waals surface area contributed by atoms with Crippen molar-refractivity contribution in [1.29, 1.82) is 0 Å². The highest BCUT2D eigenvalue weighted by Gasteiger charge is 2.26. The molecule has 0 spiro atoms. The molecule has 8 heteroatoms. The van der Waals surface area contributed by atoms with E-state index in [1.165, 1.54) is 12.1 Å². The lowest BCUT2D eigenvalue weighted by Gasteiger charge is -2.33. The number of amides is 1. The van der Waals surface area contributed by atoms with E-state index in [2.05, 4.69) is 15.5 Å². The topological polar surface area (TPSA) is 78.1 Å². The quantitative estimate of drug-likeness (QED) is 0.879. The van der Waals surface area contributed by atoms with Gasteiger partial charge in [0.2, 0.25) is 5.91 Å². The van der Waals surface area contributed by atoms with E-state index < -0.39 is 11.6 Å². The highest BCUT2D eigenvalue weighted by Crippen LogP contribution is 2.22. The molecule has 0 radical (unpaired) electrons. The van der Waals surface area contributed by atoms with E-state index in [4.69, 9.17) is 0 Å². The standard InChI is InChI=1S/C17H18F2N4O2/c18-13-4-3-11(15(19)6-13)8-20-17(25)12-2-1-5-23(10-12)14-7-16(24)22-21-9-14/h3-4,6-7,9,12H,1-2,5,8,10H2,(H,20,25)(H,22,24). The summed E-state index contributed by atoms with van der Waals surface area (Å²) in [7, 11) is 0. The third-order valence-electron chi connectivity index (χ3n) is 4.28. The van der Waals surface area contributed by atoms with E-state index in [-0.39, 0.29) is 29.5 Å². The number of carbonyl (C=O) groups excluding carboxylic acids is 1. The Morgan fingerprint density at radius 2 is 2.20 bits per heavy atom. The first-order valence-electron chi connectivity index (χ1n) is 8.04. The van der Waals surface area contributed by atoms with Crippen molar-refractivity contribution in [3.05, 3.63) is 58.0 Å². The Kier molecular flexibility index (Phi) is 5.06. The smallest absolute Gasteiger partial charge is 0.266 e. The molecule has 0 bridgehead atoms. The van der Waals surface area contributed by atoms with E-state index in [1.54, 1.807) is 6.20 Å². The molecule has 2 heterocycles. The molecule has 1 aliphatic heterocycles. The van der Waals surface area contributed by atoms with Crippen LogP contribution < -0.4 is 15.8 Å². The van der Waals surface area contributed by atoms with Crippen LogP contribution in [0.5, 0.6) is 0 Å². The fraction of sp³-hybridized carbons (Fsp3) is 0.353. The summed E-state index contributed by atoms with van der Waals surface area (Å²) >= 11 is 0. The fourth-order valence-electron chi connectivity index (χ4n) is 2.96. The van der Waals surface area contributed by atoms with Crippen molar-refractivity contribution in [2.75, 3.05) is 18.0 Å². The van der Waals surface area contributed by atoms with Gasteiger partial charge in [-0.3, -0.25) is 9.59 Å². The van der Waals surface area contributed by atoms with Crippen LogP contribution in [0.1, 0.15) is 18.4 Å². The number of halogens is 2. The zero-order chi connectivity index (χ0) is 17.8. The Labute approximate surface area is 142 Å². The summed E-state index contributed by atoms with van der Waals surface area (Å²) in [5.74, 6) is -1.79. The van der Waals surface area contributed by atoms with Gasteiger partial charge < -0.3 is 10.2 Å². The van der Waals surface area contributed by atoms with Crippen LogP contribution in [0, 0.1) is 17.6 Å². The molecule has 0 saturated carbocycles. The Morgan fingerprint density at radius 1 is 1.36 bits per heavy atom. The first-order chi connectivity index (χ1) is 12.0. The molecule has 1 aromatic heterocycles. The van der Waals surface area contributed by atoms with Crippen LogP contribution in [0.3, 0.4) is 0 Å². The van der Waals surface area contributed by atoms with Gasteiger partial charge in [0.1, 0.15) is 11.6 Å². The van der Waals surface area contributed by atoms with Gasteiger partial charge in [0, 0.05) is 37.3 Å². The van der Waals surface area contributed by atoms with Gasteiger partial charge in [-0.15, -0.1) is 0 Å². The van der Waals surface area contributed by atoms with E-state index >= 15 is 0 Å². The van der Waals surface area contributed by atoms with E-state index in [0.29, 0.717) is 18.7 Å². The van der Waals surface area contributed by atoms with Crippen molar-refractivity contribution < 1.29 is 13.6 Å². The maximum absolute atomic E-state index is 13.6. The van der Waals surface area contributed by atoms with Crippen molar-refractivity contribution in [3.8, 4) is 0 Å². The Bertz CT molecular complexity index is 824. The van der Waals surface area contributed by atoms with Gasteiger partial charge in [-0.2, -0.15) is 5.10 Å². The number of anilines is 1. The third kappa shape index (κ3) is 4.20. The predicted molar refractivity (Wildman–Crippen MR) is 88.0 cm³/mol. The van der Waals surface area contributed by atoms with Crippen molar-refractivity contribution in [2.45, 2.75) is 19.4 Å². The molecule has 6 nitrogen and oxygen atoms in total. The molecule has 2 N–H and O–H groups in total. The highest BCUT2D eigenvalue weighted by molar-refractivity contribution is 5.79. The minimum Gasteiger partial charge on any atom is -0.369 e. The average molecular weight is 348 g/mol. The van der Waals surface area contributed by atoms with Crippen LogP contribution in [0.4, 0.5) is 14.5 Å². The Morgan fingerprint density at radius 3 is 2.96 bits per heavy atom. The predicted octanol–water partition coefficient (Wildman–Crippen LogP) is 1.58. The normalized spacial score (nSPS) is 17.4. The second kappa shape index (κ2) is 7.42. The molecule has 1 fully saturated rings. The van der Waals surface area contributed by atoms with Gasteiger partial charge in [-0.05, 0) is 18.9 Å². The summed E-state index contributed by atoms with van der Waals surface area (Å²) in [5.41, 5.74) is 0.614. The van der Waals surface area contributed by atoms with Crippen molar-refractivity contribution in [1.82, 2.24) is 15.5 Å². The molecule has 1 saturated heterocycles. The maximum Gasteiger partial charge on any atom is 0.266 e. The number of hydrogen-bond acceptors (Lipinski definition) is 4. The lowest BCUT2D eigenvalue weighted by Crippen LogP contribution is -2.43. The number of rotatable bonds is 4. The van der Waals surface area contributed by atoms with Crippen molar-refractivity contribution in [3.63, 3.8) is 0 Å². The Hall–Kier alpha value is -2.77. The van der Waals surface area contributed by atoms with Crippen LogP contribution in [0.15, 0.2) is 35.3 Å². The largest absolute Gasteiger partial charge is 0.369 e. The number of nitrogens with zero attached hydrogens (tertiary/aromatic N) is 2. The van der Waals surface area contributed by atoms with Crippen LogP contribution in [-0.4, -0.2) is 29.2 Å². The molecule has 132 valence electrons. The monoisotopic (exact) mass is 348 g/mol. The average Bonchev–Trinajstić information content (AvgIpc) is 2.61. The number of piperidine rings is 1. The summed E-state index contributed by atoms with van der Waals surface area (Å²) in [5, 5.41) is 8.79. The van der Waals surface area contributed by atoms with Gasteiger partial charge in [-0.25, -0.2) is 13.9 Å². The molecule has 2 aromatic rings. The summed E-state index contributed by atoms with van der Waals surface area (Å²) in [6.45, 7) is 1.21. The number of carbonyl (C=O) groups is 1. The number of hydrogen-bond donors (Lipinski definition) is 2. The summed E-state index contributed by atoms with van der Waals surface area (Å²) in [4.78, 5) is 25.7. The lowest BCUT2D eigenvalue weighted by atomic mass is 9.96. The molecule has 1 unspecified atom stereocenters. The van der Waals surface area contributed by atoms with Gasteiger partial charge in [-0.1, -0.05) is 6.07 Å². The molecule has 25 heavy (non-hydrogen) atoms. The lowest BCUT2D eigenvalue weighted by molar-refractivity contribution is -0.125. The van der Waals surface area contributed by atoms with E-state index in [0.717, 1.165) is 25.1 Å². The van der Waals surface area contributed by atoms with Crippen LogP contribution in [-0.2, 0) is 11.3 Å². The maximum atomic E-state index is 13.6. The zero-order valence-corrected chi connectivity index (χ0v) is 13.5. The van der Waals surface area contributed by atoms with Gasteiger partial charge in [0.25, 0.3) is 5.56 Å². The summed E-state index contributed by atoms with van der Waals surface area (Å²) in [6, 6.07) is 4.72. The van der Waals surface area contributed by atoms with Gasteiger partial charge >= 0.3 is 0 Å². The summed E-state index contributed by atoms with van der Waals surface area (Å²) < 4.78 is 26.5. The minimum atomic E-state index is -0.680.